The van der Waals surface area contributed by atoms with E-state index in [1.807, 2.05) is 13.0 Å². The minimum atomic E-state index is -0.210. The van der Waals surface area contributed by atoms with Gasteiger partial charge in [0, 0.05) is 26.1 Å². The Morgan fingerprint density at radius 1 is 1.10 bits per heavy atom. The number of ketones is 1. The first kappa shape index (κ1) is 16.8. The van der Waals surface area contributed by atoms with Crippen LogP contribution < -0.4 is 4.74 Å². The number of carbonyl (C=O) groups excluding carboxylic acids is 1. The fourth-order valence-electron chi connectivity index (χ4n) is 1.79. The van der Waals surface area contributed by atoms with Crippen molar-refractivity contribution in [1.29, 1.82) is 0 Å². The molecule has 21 heavy (non-hydrogen) atoms. The summed E-state index contributed by atoms with van der Waals surface area (Å²) in [4.78, 5) is 12.6. The fraction of sp³-hybridized carbons (Fsp3) is 0.133. The highest BCUT2D eigenvalue weighted by molar-refractivity contribution is 9.11. The Morgan fingerprint density at radius 2 is 1.81 bits per heavy atom. The minimum Gasteiger partial charge on any atom is -0.492 e. The summed E-state index contributed by atoms with van der Waals surface area (Å²) < 4.78 is 6.86. The van der Waals surface area contributed by atoms with Crippen LogP contribution in [0.1, 0.15) is 22.8 Å². The van der Waals surface area contributed by atoms with Gasteiger partial charge in [-0.2, -0.15) is 0 Å². The van der Waals surface area contributed by atoms with E-state index in [2.05, 4.69) is 31.9 Å². The number of ether oxygens (including phenoxy) is 1. The van der Waals surface area contributed by atoms with Crippen LogP contribution in [-0.4, -0.2) is 12.4 Å². The van der Waals surface area contributed by atoms with Crippen molar-refractivity contribution in [2.45, 2.75) is 6.92 Å². The lowest BCUT2D eigenvalue weighted by Gasteiger charge is -2.10. The van der Waals surface area contributed by atoms with Crippen LogP contribution in [0.2, 0.25) is 10.0 Å². The largest absolute Gasteiger partial charge is 0.492 e. The van der Waals surface area contributed by atoms with Crippen molar-refractivity contribution in [2.24, 2.45) is 0 Å². The second-order valence-corrected chi connectivity index (χ2v) is 6.73. The van der Waals surface area contributed by atoms with Crippen molar-refractivity contribution in [1.82, 2.24) is 0 Å². The Balaban J connectivity index is 2.49. The maximum absolute atomic E-state index is 12.6. The van der Waals surface area contributed by atoms with Gasteiger partial charge in [0.2, 0.25) is 0 Å². The molecule has 0 aliphatic heterocycles. The van der Waals surface area contributed by atoms with Crippen molar-refractivity contribution < 1.29 is 9.53 Å². The molecule has 0 fully saturated rings. The predicted molar refractivity (Wildman–Crippen MR) is 92.9 cm³/mol. The van der Waals surface area contributed by atoms with Crippen molar-refractivity contribution in [3.63, 3.8) is 0 Å². The van der Waals surface area contributed by atoms with E-state index in [1.165, 1.54) is 6.07 Å². The Morgan fingerprint density at radius 3 is 2.48 bits per heavy atom. The molecule has 0 spiro atoms. The van der Waals surface area contributed by atoms with Gasteiger partial charge in [-0.15, -0.1) is 0 Å². The highest BCUT2D eigenvalue weighted by atomic mass is 79.9. The third-order valence-electron chi connectivity index (χ3n) is 2.74. The van der Waals surface area contributed by atoms with Crippen LogP contribution in [0.3, 0.4) is 0 Å². The smallest absolute Gasteiger partial charge is 0.195 e. The average Bonchev–Trinajstić information content (AvgIpc) is 2.44. The number of hydrogen-bond acceptors (Lipinski definition) is 2. The van der Waals surface area contributed by atoms with Crippen LogP contribution >= 0.6 is 55.1 Å². The standard InChI is InChI=1S/C15H10Br2Cl2O2/c1-2-21-14-7-12(18)10(6-13(14)19)15(20)9-5-8(16)3-4-11(9)17/h3-7H,2H2,1H3. The third-order valence-corrected chi connectivity index (χ3v) is 4.53. The molecule has 2 aromatic carbocycles. The molecule has 0 bridgehead atoms. The van der Waals surface area contributed by atoms with Crippen molar-refractivity contribution >= 4 is 60.8 Å². The number of carbonyl (C=O) groups is 1. The Labute approximate surface area is 149 Å². The zero-order valence-corrected chi connectivity index (χ0v) is 15.6. The quantitative estimate of drug-likeness (QED) is 0.520. The first-order chi connectivity index (χ1) is 9.93. The van der Waals surface area contributed by atoms with E-state index >= 15 is 0 Å². The molecular formula is C15H10Br2Cl2O2. The first-order valence-corrected chi connectivity index (χ1v) is 8.39. The molecule has 0 aromatic heterocycles. The van der Waals surface area contributed by atoms with Gasteiger partial charge in [0.05, 0.1) is 16.7 Å². The molecular weight excluding hydrogens is 443 g/mol. The molecule has 0 saturated heterocycles. The van der Waals surface area contributed by atoms with Gasteiger partial charge in [0.25, 0.3) is 0 Å². The predicted octanol–water partition coefficient (Wildman–Crippen LogP) is 6.15. The highest BCUT2D eigenvalue weighted by Gasteiger charge is 2.18. The number of rotatable bonds is 4. The summed E-state index contributed by atoms with van der Waals surface area (Å²) in [5.41, 5.74) is 0.843. The van der Waals surface area contributed by atoms with E-state index in [4.69, 9.17) is 27.9 Å². The normalized spacial score (nSPS) is 10.5. The molecule has 0 atom stereocenters. The van der Waals surface area contributed by atoms with Gasteiger partial charge in [-0.25, -0.2) is 0 Å². The number of hydrogen-bond donors (Lipinski definition) is 0. The van der Waals surface area contributed by atoms with Crippen LogP contribution in [0.15, 0.2) is 39.3 Å². The molecule has 0 radical (unpaired) electrons. The van der Waals surface area contributed by atoms with Crippen LogP contribution in [0.25, 0.3) is 0 Å². The first-order valence-electron chi connectivity index (χ1n) is 6.05. The molecule has 110 valence electrons. The molecule has 6 heteroatoms. The lowest BCUT2D eigenvalue weighted by Crippen LogP contribution is -2.04. The van der Waals surface area contributed by atoms with Crippen molar-refractivity contribution in [3.8, 4) is 5.75 Å². The van der Waals surface area contributed by atoms with Crippen LogP contribution in [0, 0.1) is 0 Å². The topological polar surface area (TPSA) is 26.3 Å². The van der Waals surface area contributed by atoms with Gasteiger partial charge in [-0.3, -0.25) is 4.79 Å². The van der Waals surface area contributed by atoms with Gasteiger partial charge < -0.3 is 4.74 Å². The summed E-state index contributed by atoms with van der Waals surface area (Å²) in [5.74, 6) is 0.257. The van der Waals surface area contributed by atoms with E-state index < -0.39 is 0 Å². The van der Waals surface area contributed by atoms with E-state index in [1.54, 1.807) is 18.2 Å². The fourth-order valence-corrected chi connectivity index (χ4v) is 3.03. The van der Waals surface area contributed by atoms with Gasteiger partial charge in [-0.1, -0.05) is 55.1 Å². The molecule has 0 aliphatic rings. The minimum absolute atomic E-state index is 0.210. The van der Waals surface area contributed by atoms with Gasteiger partial charge in [0.15, 0.2) is 5.78 Å². The zero-order chi connectivity index (χ0) is 15.6. The summed E-state index contributed by atoms with van der Waals surface area (Å²) in [6.07, 6.45) is 0. The summed E-state index contributed by atoms with van der Waals surface area (Å²) in [7, 11) is 0. The lowest BCUT2D eigenvalue weighted by molar-refractivity contribution is 0.103. The van der Waals surface area contributed by atoms with E-state index in [9.17, 15) is 4.79 Å². The van der Waals surface area contributed by atoms with E-state index in [-0.39, 0.29) is 5.78 Å². The average molecular weight is 453 g/mol. The second-order valence-electron chi connectivity index (χ2n) is 4.15. The Kier molecular flexibility index (Phi) is 5.72. The number of halogens is 4. The zero-order valence-electron chi connectivity index (χ0n) is 10.9. The lowest BCUT2D eigenvalue weighted by atomic mass is 10.0. The molecule has 2 aromatic rings. The Bertz CT molecular complexity index is 702. The van der Waals surface area contributed by atoms with E-state index in [0.29, 0.717) is 38.0 Å². The van der Waals surface area contributed by atoms with Crippen LogP contribution in [-0.2, 0) is 0 Å². The highest BCUT2D eigenvalue weighted by Crippen LogP contribution is 2.34. The second kappa shape index (κ2) is 7.14. The maximum atomic E-state index is 12.6. The Hall–Kier alpha value is -0.550. The molecule has 0 unspecified atom stereocenters. The van der Waals surface area contributed by atoms with Crippen LogP contribution in [0.4, 0.5) is 0 Å². The SMILES string of the molecule is CCOc1cc(Cl)c(C(=O)c2cc(Br)ccc2Br)cc1Cl. The summed E-state index contributed by atoms with van der Waals surface area (Å²) in [6, 6.07) is 8.46. The molecule has 2 rings (SSSR count). The molecule has 2 nitrogen and oxygen atoms in total. The third kappa shape index (κ3) is 3.81. The number of benzene rings is 2. The summed E-state index contributed by atoms with van der Waals surface area (Å²) >= 11 is 19.0. The molecule has 0 aliphatic carbocycles. The summed E-state index contributed by atoms with van der Waals surface area (Å²) in [6.45, 7) is 2.32. The monoisotopic (exact) mass is 450 g/mol. The van der Waals surface area contributed by atoms with Crippen molar-refractivity contribution in [2.75, 3.05) is 6.61 Å². The molecule has 0 saturated carbocycles. The molecule has 0 N–H and O–H groups in total. The van der Waals surface area contributed by atoms with Gasteiger partial charge in [0.1, 0.15) is 5.75 Å². The van der Waals surface area contributed by atoms with Crippen molar-refractivity contribution in [3.05, 3.63) is 60.4 Å². The molecule has 0 amide bonds. The molecule has 0 heterocycles. The van der Waals surface area contributed by atoms with Gasteiger partial charge in [-0.05, 0) is 31.2 Å². The van der Waals surface area contributed by atoms with Crippen LogP contribution in [0.5, 0.6) is 5.75 Å². The van der Waals surface area contributed by atoms with Gasteiger partial charge >= 0.3 is 0 Å². The van der Waals surface area contributed by atoms with E-state index in [0.717, 1.165) is 4.47 Å². The maximum Gasteiger partial charge on any atom is 0.195 e. The summed E-state index contributed by atoms with van der Waals surface area (Å²) in [5, 5.41) is 0.662.